The van der Waals surface area contributed by atoms with Crippen molar-refractivity contribution in [2.24, 2.45) is 5.92 Å². The Labute approximate surface area is 122 Å². The minimum absolute atomic E-state index is 0.0256. The van der Waals surface area contributed by atoms with Gasteiger partial charge in [-0.15, -0.1) is 0 Å². The Morgan fingerprint density at radius 2 is 1.67 bits per heavy atom. The summed E-state index contributed by atoms with van der Waals surface area (Å²) in [5, 5.41) is 1.16. The van der Waals surface area contributed by atoms with E-state index in [0.717, 1.165) is 12.8 Å². The second-order valence-electron chi connectivity index (χ2n) is 3.87. The van der Waals surface area contributed by atoms with Crippen LogP contribution in [0.15, 0.2) is 12.1 Å². The third-order valence-electron chi connectivity index (χ3n) is 2.67. The predicted molar refractivity (Wildman–Crippen MR) is 77.3 cm³/mol. The molecule has 6 heteroatoms. The van der Waals surface area contributed by atoms with Crippen LogP contribution in [0.3, 0.4) is 0 Å². The lowest BCUT2D eigenvalue weighted by Gasteiger charge is -2.16. The van der Waals surface area contributed by atoms with Crippen LogP contribution >= 0.6 is 34.8 Å². The molecule has 0 saturated heterocycles. The van der Waals surface area contributed by atoms with Crippen molar-refractivity contribution in [2.45, 2.75) is 26.7 Å². The van der Waals surface area contributed by atoms with Gasteiger partial charge in [-0.2, -0.15) is 0 Å². The number of benzene rings is 1. The van der Waals surface area contributed by atoms with E-state index in [-0.39, 0.29) is 11.8 Å². The molecular weight excluding hydrogens is 295 g/mol. The van der Waals surface area contributed by atoms with Crippen molar-refractivity contribution in [3.8, 4) is 0 Å². The van der Waals surface area contributed by atoms with Gasteiger partial charge in [0.1, 0.15) is 0 Å². The maximum absolute atomic E-state index is 11.8. The Hall–Kier alpha value is -0.640. The second kappa shape index (κ2) is 7.07. The van der Waals surface area contributed by atoms with E-state index in [1.807, 2.05) is 13.8 Å². The lowest BCUT2D eigenvalue weighted by atomic mass is 10.0. The van der Waals surface area contributed by atoms with E-state index in [1.165, 1.54) is 0 Å². The summed E-state index contributed by atoms with van der Waals surface area (Å²) in [5.41, 5.74) is 5.78. The Bertz CT molecular complexity index is 410. The van der Waals surface area contributed by atoms with Crippen LogP contribution in [0.5, 0.6) is 0 Å². The normalized spacial score (nSPS) is 10.6. The van der Waals surface area contributed by atoms with E-state index >= 15 is 0 Å². The summed E-state index contributed by atoms with van der Waals surface area (Å²) in [5.74, 6) is -0.107. The standard InChI is InChI=1S/C12H15Cl3N2O/c1-3-7(4-2)12(18)17-16-11-9(14)5-8(13)6-10(11)15/h5-7,16H,3-4H2,1-2H3,(H,17,18). The predicted octanol–water partition coefficient (Wildman–Crippen LogP) is 4.53. The van der Waals surface area contributed by atoms with E-state index < -0.39 is 0 Å². The van der Waals surface area contributed by atoms with Crippen LogP contribution in [0.1, 0.15) is 26.7 Å². The number of rotatable bonds is 5. The molecule has 1 rings (SSSR count). The lowest BCUT2D eigenvalue weighted by Crippen LogP contribution is -2.34. The Balaban J connectivity index is 2.72. The summed E-state index contributed by atoms with van der Waals surface area (Å²) in [7, 11) is 0. The van der Waals surface area contributed by atoms with E-state index in [0.29, 0.717) is 20.8 Å². The fourth-order valence-corrected chi connectivity index (χ4v) is 2.46. The van der Waals surface area contributed by atoms with Crippen LogP contribution in [0, 0.1) is 5.92 Å². The molecule has 0 saturated carbocycles. The van der Waals surface area contributed by atoms with Gasteiger partial charge in [-0.25, -0.2) is 0 Å². The third-order valence-corrected chi connectivity index (χ3v) is 3.49. The van der Waals surface area contributed by atoms with Crippen molar-refractivity contribution in [2.75, 3.05) is 5.43 Å². The maximum atomic E-state index is 11.8. The van der Waals surface area contributed by atoms with Gasteiger partial charge in [0, 0.05) is 10.9 Å². The van der Waals surface area contributed by atoms with Crippen molar-refractivity contribution in [3.05, 3.63) is 27.2 Å². The molecule has 100 valence electrons. The molecule has 18 heavy (non-hydrogen) atoms. The summed E-state index contributed by atoms with van der Waals surface area (Å²) in [6.07, 6.45) is 1.57. The zero-order valence-corrected chi connectivity index (χ0v) is 12.5. The molecule has 0 spiro atoms. The van der Waals surface area contributed by atoms with Crippen molar-refractivity contribution in [1.82, 2.24) is 5.43 Å². The zero-order valence-electron chi connectivity index (χ0n) is 10.2. The monoisotopic (exact) mass is 308 g/mol. The molecule has 1 aromatic carbocycles. The van der Waals surface area contributed by atoms with Crippen LogP contribution in [0.4, 0.5) is 5.69 Å². The van der Waals surface area contributed by atoms with Crippen LogP contribution < -0.4 is 10.9 Å². The smallest absolute Gasteiger partial charge is 0.241 e. The molecule has 3 nitrogen and oxygen atoms in total. The zero-order chi connectivity index (χ0) is 13.7. The molecule has 0 aromatic heterocycles. The number of anilines is 1. The minimum atomic E-state index is -0.0814. The summed E-state index contributed by atoms with van der Waals surface area (Å²) in [6, 6.07) is 3.11. The van der Waals surface area contributed by atoms with Crippen LogP contribution in [-0.2, 0) is 4.79 Å². The van der Waals surface area contributed by atoms with Crippen LogP contribution in [-0.4, -0.2) is 5.91 Å². The summed E-state index contributed by atoms with van der Waals surface area (Å²) in [6.45, 7) is 3.94. The molecule has 1 amide bonds. The van der Waals surface area contributed by atoms with Gasteiger partial charge in [-0.3, -0.25) is 15.6 Å². The Morgan fingerprint density at radius 3 is 2.11 bits per heavy atom. The summed E-state index contributed by atoms with van der Waals surface area (Å²) < 4.78 is 0. The van der Waals surface area contributed by atoms with Crippen molar-refractivity contribution >= 4 is 46.4 Å². The number of hydrogen-bond donors (Lipinski definition) is 2. The van der Waals surface area contributed by atoms with Gasteiger partial charge in [0.15, 0.2) is 0 Å². The fourth-order valence-electron chi connectivity index (χ4n) is 1.55. The highest BCUT2D eigenvalue weighted by Crippen LogP contribution is 2.33. The molecular formula is C12H15Cl3N2O. The molecule has 0 fully saturated rings. The van der Waals surface area contributed by atoms with E-state index in [2.05, 4.69) is 10.9 Å². The average molecular weight is 310 g/mol. The lowest BCUT2D eigenvalue weighted by molar-refractivity contribution is -0.124. The quantitative estimate of drug-likeness (QED) is 0.785. The number of halogens is 3. The van der Waals surface area contributed by atoms with E-state index in [1.54, 1.807) is 12.1 Å². The first kappa shape index (κ1) is 15.4. The van der Waals surface area contributed by atoms with E-state index in [9.17, 15) is 4.79 Å². The molecule has 0 unspecified atom stereocenters. The molecule has 0 aliphatic heterocycles. The highest BCUT2D eigenvalue weighted by Gasteiger charge is 2.15. The van der Waals surface area contributed by atoms with Gasteiger partial charge in [0.2, 0.25) is 5.91 Å². The molecule has 1 aromatic rings. The highest BCUT2D eigenvalue weighted by atomic mass is 35.5. The first-order valence-corrected chi connectivity index (χ1v) is 6.83. The molecule has 0 aliphatic carbocycles. The largest absolute Gasteiger partial charge is 0.296 e. The van der Waals surface area contributed by atoms with Crippen LogP contribution in [0.2, 0.25) is 15.1 Å². The van der Waals surface area contributed by atoms with Gasteiger partial charge >= 0.3 is 0 Å². The number of hydrazine groups is 1. The molecule has 0 atom stereocenters. The number of nitrogens with one attached hydrogen (secondary N) is 2. The molecule has 0 radical (unpaired) electrons. The third kappa shape index (κ3) is 3.94. The van der Waals surface area contributed by atoms with Gasteiger partial charge in [0.25, 0.3) is 0 Å². The first-order chi connectivity index (χ1) is 8.49. The van der Waals surface area contributed by atoms with Gasteiger partial charge in [-0.1, -0.05) is 48.7 Å². The van der Waals surface area contributed by atoms with Crippen LogP contribution in [0.25, 0.3) is 0 Å². The second-order valence-corrected chi connectivity index (χ2v) is 5.12. The number of carbonyl (C=O) groups excluding carboxylic acids is 1. The Morgan fingerprint density at radius 1 is 1.17 bits per heavy atom. The summed E-state index contributed by atoms with van der Waals surface area (Å²) >= 11 is 17.8. The summed E-state index contributed by atoms with van der Waals surface area (Å²) in [4.78, 5) is 11.8. The minimum Gasteiger partial charge on any atom is -0.296 e. The van der Waals surface area contributed by atoms with E-state index in [4.69, 9.17) is 34.8 Å². The number of amides is 1. The fraction of sp³-hybridized carbons (Fsp3) is 0.417. The van der Waals surface area contributed by atoms with Crippen molar-refractivity contribution < 1.29 is 4.79 Å². The van der Waals surface area contributed by atoms with Gasteiger partial charge < -0.3 is 0 Å². The van der Waals surface area contributed by atoms with Crippen molar-refractivity contribution in [3.63, 3.8) is 0 Å². The number of carbonyl (C=O) groups is 1. The molecule has 2 N–H and O–H groups in total. The topological polar surface area (TPSA) is 41.1 Å². The SMILES string of the molecule is CCC(CC)C(=O)NNc1c(Cl)cc(Cl)cc1Cl. The van der Waals surface area contributed by atoms with Crippen molar-refractivity contribution in [1.29, 1.82) is 0 Å². The molecule has 0 bridgehead atoms. The first-order valence-electron chi connectivity index (χ1n) is 5.70. The molecule has 0 heterocycles. The van der Waals surface area contributed by atoms with Gasteiger partial charge in [-0.05, 0) is 25.0 Å². The van der Waals surface area contributed by atoms with Gasteiger partial charge in [0.05, 0.1) is 15.7 Å². The highest BCUT2D eigenvalue weighted by molar-refractivity contribution is 6.41. The Kier molecular flexibility index (Phi) is 6.06. The number of hydrogen-bond acceptors (Lipinski definition) is 2. The average Bonchev–Trinajstić information content (AvgIpc) is 2.29. The maximum Gasteiger partial charge on any atom is 0.241 e. The molecule has 0 aliphatic rings.